The van der Waals surface area contributed by atoms with Crippen LogP contribution < -0.4 is 20.1 Å². The van der Waals surface area contributed by atoms with Crippen LogP contribution in [0.4, 0.5) is 5.95 Å². The standard InChI is InChI=1S/C30H38N9O8P/c1-5-7-15-44-27(41)18(3)36-48(42,47-21-14-10-12-19-11-8-9-13-20(19)21)45-16-22-24(40)30(4,37-38-32)28(46-22)39-17-33-23-25(39)34-29(31)35-26(23)43-6-2/h8-14,17-18,22,24,28,40H,5-7,15-16H2,1-4H3,(H,36,42)(H2,31,34,35)/t18-,22+,24+,28+,30+,48?/m0/s1. The Morgan fingerprint density at radius 1 is 1.27 bits per heavy atom. The molecule has 0 spiro atoms. The number of carbonyl (C=O) groups is 1. The molecule has 2 aromatic heterocycles. The van der Waals surface area contributed by atoms with Gasteiger partial charge in [0.15, 0.2) is 17.4 Å². The fraction of sp³-hybridized carbons (Fsp3) is 0.467. The van der Waals surface area contributed by atoms with Crippen LogP contribution in [0.2, 0.25) is 0 Å². The monoisotopic (exact) mass is 683 g/mol. The number of aromatic nitrogens is 4. The average molecular weight is 684 g/mol. The zero-order valence-electron chi connectivity index (χ0n) is 26.9. The molecule has 0 bridgehead atoms. The molecule has 6 atom stereocenters. The maximum atomic E-state index is 14.4. The van der Waals surface area contributed by atoms with Crippen molar-refractivity contribution >= 4 is 41.6 Å². The first-order valence-electron chi connectivity index (χ1n) is 15.4. The Kier molecular flexibility index (Phi) is 10.7. The molecular formula is C30H38N9O8P. The summed E-state index contributed by atoms with van der Waals surface area (Å²) in [6, 6.07) is 11.4. The van der Waals surface area contributed by atoms with Gasteiger partial charge in [-0.25, -0.2) is 9.55 Å². The van der Waals surface area contributed by atoms with E-state index in [-0.39, 0.29) is 42.0 Å². The number of nitrogens with zero attached hydrogens (tertiary/aromatic N) is 7. The van der Waals surface area contributed by atoms with Crippen molar-refractivity contribution < 1.29 is 37.7 Å². The van der Waals surface area contributed by atoms with E-state index in [1.165, 1.54) is 24.7 Å². The Bertz CT molecular complexity index is 1860. The summed E-state index contributed by atoms with van der Waals surface area (Å²) in [5.74, 6) is -0.381. The van der Waals surface area contributed by atoms with Crippen molar-refractivity contribution in [1.82, 2.24) is 24.6 Å². The number of hydrogen-bond acceptors (Lipinski definition) is 13. The molecule has 1 unspecified atom stereocenters. The lowest BCUT2D eigenvalue weighted by molar-refractivity contribution is -0.145. The average Bonchev–Trinajstić information content (AvgIpc) is 3.58. The van der Waals surface area contributed by atoms with Crippen LogP contribution in [0.3, 0.4) is 0 Å². The number of unbranched alkanes of at least 4 members (excludes halogenated alkanes) is 1. The van der Waals surface area contributed by atoms with E-state index in [9.17, 15) is 20.0 Å². The minimum atomic E-state index is -4.39. The topological polar surface area (TPSA) is 231 Å². The quantitative estimate of drug-likeness (QED) is 0.0382. The molecule has 4 aromatic rings. The Labute approximate surface area is 275 Å². The number of benzene rings is 2. The molecule has 2 aromatic carbocycles. The Morgan fingerprint density at radius 2 is 2.04 bits per heavy atom. The second kappa shape index (κ2) is 14.7. The zero-order valence-corrected chi connectivity index (χ0v) is 27.8. The molecule has 17 nitrogen and oxygen atoms in total. The fourth-order valence-electron chi connectivity index (χ4n) is 5.30. The number of imidazole rings is 1. The molecule has 0 saturated carbocycles. The van der Waals surface area contributed by atoms with Crippen molar-refractivity contribution in [1.29, 1.82) is 0 Å². The molecular weight excluding hydrogens is 645 g/mol. The van der Waals surface area contributed by atoms with E-state index in [0.717, 1.165) is 11.8 Å². The molecule has 4 N–H and O–H groups in total. The maximum Gasteiger partial charge on any atom is 0.459 e. The van der Waals surface area contributed by atoms with E-state index >= 15 is 0 Å². The normalized spacial score (nSPS) is 22.6. The molecule has 1 fully saturated rings. The van der Waals surface area contributed by atoms with Gasteiger partial charge in [-0.15, -0.1) is 0 Å². The van der Waals surface area contributed by atoms with Gasteiger partial charge in [0, 0.05) is 10.3 Å². The summed E-state index contributed by atoms with van der Waals surface area (Å²) in [6.07, 6.45) is -1.02. The molecule has 1 aliphatic heterocycles. The SMILES string of the molecule is CCCCOC(=O)[C@H](C)NP(=O)(OC[C@H]1O[C@@H](n2cnc3c(OCC)nc(N)nc32)[C@](C)(N=[N+]=[N-])[C@@H]1O)Oc1cccc2ccccc12. The van der Waals surface area contributed by atoms with Crippen LogP contribution in [-0.2, 0) is 23.4 Å². The molecule has 0 aliphatic carbocycles. The van der Waals surface area contributed by atoms with Crippen LogP contribution in [0, 0.1) is 0 Å². The maximum absolute atomic E-state index is 14.4. The number of nitrogen functional groups attached to an aromatic ring is 1. The van der Waals surface area contributed by atoms with Crippen molar-refractivity contribution in [3.8, 4) is 11.6 Å². The number of anilines is 1. The van der Waals surface area contributed by atoms with Gasteiger partial charge < -0.3 is 29.6 Å². The number of esters is 1. The smallest absolute Gasteiger partial charge is 0.459 e. The number of hydrogen-bond donors (Lipinski definition) is 3. The number of carbonyl (C=O) groups excluding carboxylic acids is 1. The van der Waals surface area contributed by atoms with Crippen molar-refractivity contribution in [2.24, 2.45) is 5.11 Å². The molecule has 1 aliphatic rings. The number of rotatable bonds is 15. The second-order valence-corrected chi connectivity index (χ2v) is 13.0. The first-order chi connectivity index (χ1) is 23.0. The number of nitrogens with one attached hydrogen (secondary N) is 1. The molecule has 48 heavy (non-hydrogen) atoms. The Balaban J connectivity index is 1.44. The van der Waals surface area contributed by atoms with E-state index in [4.69, 9.17) is 29.0 Å². The predicted molar refractivity (Wildman–Crippen MR) is 175 cm³/mol. The highest BCUT2D eigenvalue weighted by Crippen LogP contribution is 2.49. The van der Waals surface area contributed by atoms with E-state index in [1.54, 1.807) is 31.2 Å². The summed E-state index contributed by atoms with van der Waals surface area (Å²) in [5, 5.41) is 19.5. The van der Waals surface area contributed by atoms with Gasteiger partial charge >= 0.3 is 13.7 Å². The van der Waals surface area contributed by atoms with E-state index in [0.29, 0.717) is 11.8 Å². The van der Waals surface area contributed by atoms with Gasteiger partial charge in [0.25, 0.3) is 0 Å². The molecule has 18 heteroatoms. The molecule has 3 heterocycles. The van der Waals surface area contributed by atoms with Gasteiger partial charge in [-0.2, -0.15) is 15.1 Å². The molecule has 0 amide bonds. The van der Waals surface area contributed by atoms with Gasteiger partial charge in [-0.05, 0) is 44.2 Å². The van der Waals surface area contributed by atoms with Crippen molar-refractivity contribution in [2.75, 3.05) is 25.6 Å². The lowest BCUT2D eigenvalue weighted by atomic mass is 9.93. The summed E-state index contributed by atoms with van der Waals surface area (Å²) in [7, 11) is -4.39. The van der Waals surface area contributed by atoms with Crippen LogP contribution in [0.5, 0.6) is 11.6 Å². The fourth-order valence-corrected chi connectivity index (χ4v) is 6.82. The first-order valence-corrected chi connectivity index (χ1v) is 17.0. The Morgan fingerprint density at radius 3 is 2.79 bits per heavy atom. The van der Waals surface area contributed by atoms with Gasteiger partial charge in [-0.3, -0.25) is 13.9 Å². The second-order valence-electron chi connectivity index (χ2n) is 11.3. The molecule has 0 radical (unpaired) electrons. The number of aliphatic hydroxyl groups is 1. The van der Waals surface area contributed by atoms with Crippen molar-refractivity contribution in [2.45, 2.75) is 70.6 Å². The zero-order chi connectivity index (χ0) is 34.5. The predicted octanol–water partition coefficient (Wildman–Crippen LogP) is 4.81. The highest BCUT2D eigenvalue weighted by molar-refractivity contribution is 7.52. The van der Waals surface area contributed by atoms with Crippen molar-refractivity contribution in [3.63, 3.8) is 0 Å². The summed E-state index contributed by atoms with van der Waals surface area (Å²) in [4.78, 5) is 28.4. The van der Waals surface area contributed by atoms with Crippen LogP contribution in [0.1, 0.15) is 46.8 Å². The number of azide groups is 1. The van der Waals surface area contributed by atoms with Gasteiger partial charge in [0.1, 0.15) is 23.4 Å². The van der Waals surface area contributed by atoms with Gasteiger partial charge in [-0.1, -0.05) is 54.9 Å². The lowest BCUT2D eigenvalue weighted by Crippen LogP contribution is -2.43. The van der Waals surface area contributed by atoms with E-state index < -0.39 is 50.3 Å². The molecule has 5 rings (SSSR count). The minimum absolute atomic E-state index is 0.100. The van der Waals surface area contributed by atoms with Gasteiger partial charge in [0.05, 0.1) is 32.3 Å². The van der Waals surface area contributed by atoms with Crippen LogP contribution in [-0.4, -0.2) is 74.2 Å². The number of nitrogens with two attached hydrogens (primary N) is 1. The van der Waals surface area contributed by atoms with Crippen LogP contribution in [0.15, 0.2) is 53.9 Å². The number of fused-ring (bicyclic) bond motifs is 2. The van der Waals surface area contributed by atoms with Crippen molar-refractivity contribution in [3.05, 3.63) is 59.2 Å². The first kappa shape index (κ1) is 34.8. The largest absolute Gasteiger partial charge is 0.476 e. The summed E-state index contributed by atoms with van der Waals surface area (Å²) >= 11 is 0. The van der Waals surface area contributed by atoms with Crippen LogP contribution in [0.25, 0.3) is 32.4 Å². The number of aliphatic hydroxyl groups excluding tert-OH is 1. The summed E-state index contributed by atoms with van der Waals surface area (Å²) < 4.78 is 44.8. The van der Waals surface area contributed by atoms with E-state index in [2.05, 4.69) is 30.1 Å². The highest BCUT2D eigenvalue weighted by Gasteiger charge is 2.55. The van der Waals surface area contributed by atoms with Gasteiger partial charge in [0.2, 0.25) is 11.8 Å². The lowest BCUT2D eigenvalue weighted by Gasteiger charge is -2.28. The highest BCUT2D eigenvalue weighted by atomic mass is 31.2. The summed E-state index contributed by atoms with van der Waals surface area (Å²) in [6.45, 7) is 6.66. The van der Waals surface area contributed by atoms with Crippen LogP contribution >= 0.6 is 7.75 Å². The summed E-state index contributed by atoms with van der Waals surface area (Å²) in [5.41, 5.74) is 14.2. The third-order valence-corrected chi connectivity index (χ3v) is 9.41. The molecule has 256 valence electrons. The van der Waals surface area contributed by atoms with E-state index in [1.807, 2.05) is 25.1 Å². The third-order valence-electron chi connectivity index (χ3n) is 7.78. The Hall–Kier alpha value is -4.50. The number of ether oxygens (including phenoxy) is 3. The minimum Gasteiger partial charge on any atom is -0.476 e. The molecule has 1 saturated heterocycles. The third kappa shape index (κ3) is 7.16.